The van der Waals surface area contributed by atoms with Crippen molar-refractivity contribution in [3.05, 3.63) is 59.7 Å². The average molecular weight is 454 g/mol. The second kappa shape index (κ2) is 10.5. The molecule has 33 heavy (non-hydrogen) atoms. The summed E-state index contributed by atoms with van der Waals surface area (Å²) in [5.41, 5.74) is 1.02. The van der Waals surface area contributed by atoms with E-state index in [1.807, 2.05) is 0 Å². The third-order valence-electron chi connectivity index (χ3n) is 5.66. The topological polar surface area (TPSA) is 88.4 Å². The smallest absolute Gasteiger partial charge is 0.255 e. The molecule has 1 N–H and O–H groups in total. The molecule has 2 aromatic carbocycles. The van der Waals surface area contributed by atoms with Crippen molar-refractivity contribution >= 4 is 11.6 Å². The fourth-order valence-corrected chi connectivity index (χ4v) is 3.67. The summed E-state index contributed by atoms with van der Waals surface area (Å²) in [6, 6.07) is 11.3. The van der Waals surface area contributed by atoms with Crippen LogP contribution in [0.15, 0.2) is 42.5 Å². The average Bonchev–Trinajstić information content (AvgIpc) is 3.24. The molecule has 0 aliphatic carbocycles. The Kier molecular flexibility index (Phi) is 7.26. The van der Waals surface area contributed by atoms with Gasteiger partial charge in [-0.3, -0.25) is 4.79 Å². The number of piperazine rings is 1. The van der Waals surface area contributed by atoms with Crippen LogP contribution in [0.5, 0.6) is 5.75 Å². The van der Waals surface area contributed by atoms with E-state index in [4.69, 9.17) is 4.74 Å². The Labute approximate surface area is 192 Å². The van der Waals surface area contributed by atoms with Crippen LogP contribution in [-0.4, -0.2) is 82.3 Å². The number of nitrogens with zero attached hydrogens (tertiary/aromatic N) is 6. The zero-order valence-corrected chi connectivity index (χ0v) is 18.9. The van der Waals surface area contributed by atoms with Crippen molar-refractivity contribution in [3.8, 4) is 11.4 Å². The number of rotatable bonds is 8. The number of aromatic nitrogens is 4. The highest BCUT2D eigenvalue weighted by atomic mass is 19.1. The number of benzene rings is 2. The van der Waals surface area contributed by atoms with E-state index in [1.165, 1.54) is 16.8 Å². The highest BCUT2D eigenvalue weighted by Crippen LogP contribution is 2.20. The summed E-state index contributed by atoms with van der Waals surface area (Å²) in [4.78, 5) is 17.3. The maximum absolute atomic E-state index is 14.5. The molecule has 0 spiro atoms. The number of tetrazole rings is 1. The van der Waals surface area contributed by atoms with Gasteiger partial charge in [-0.1, -0.05) is 0 Å². The molecule has 1 saturated heterocycles. The number of ether oxygens (including phenoxy) is 1. The van der Waals surface area contributed by atoms with Crippen LogP contribution in [0.3, 0.4) is 0 Å². The molecular weight excluding hydrogens is 425 g/mol. The number of hydrogen-bond donors (Lipinski definition) is 1. The number of amides is 1. The standard InChI is InChI=1S/C23H28FN7O2/c1-17-26-27-28-31(17)22-9-6-19(16-21(22)24)25-23(32)18-4-7-20(8-5-18)33-15-3-10-30-13-11-29(2)12-14-30/h4-9,16H,3,10-15H2,1-2H3,(H,25,32). The first kappa shape index (κ1) is 22.8. The second-order valence-electron chi connectivity index (χ2n) is 8.13. The minimum atomic E-state index is -0.538. The van der Waals surface area contributed by atoms with Gasteiger partial charge < -0.3 is 19.9 Å². The quantitative estimate of drug-likeness (QED) is 0.524. The van der Waals surface area contributed by atoms with Gasteiger partial charge in [0, 0.05) is 44.0 Å². The normalized spacial score (nSPS) is 14.9. The highest BCUT2D eigenvalue weighted by molar-refractivity contribution is 6.04. The Bertz CT molecular complexity index is 1080. The number of carbonyl (C=O) groups is 1. The molecule has 1 fully saturated rings. The SMILES string of the molecule is Cc1nnnn1-c1ccc(NC(=O)c2ccc(OCCCN3CCN(C)CC3)cc2)cc1F. The van der Waals surface area contributed by atoms with E-state index >= 15 is 0 Å². The zero-order chi connectivity index (χ0) is 23.2. The summed E-state index contributed by atoms with van der Waals surface area (Å²) in [6.07, 6.45) is 0.956. The van der Waals surface area contributed by atoms with Crippen molar-refractivity contribution in [2.45, 2.75) is 13.3 Å². The van der Waals surface area contributed by atoms with E-state index in [2.05, 4.69) is 37.7 Å². The third-order valence-corrected chi connectivity index (χ3v) is 5.66. The Morgan fingerprint density at radius 3 is 2.55 bits per heavy atom. The molecule has 0 bridgehead atoms. The lowest BCUT2D eigenvalue weighted by molar-refractivity contribution is 0.102. The van der Waals surface area contributed by atoms with Crippen molar-refractivity contribution in [1.82, 2.24) is 30.0 Å². The van der Waals surface area contributed by atoms with Crippen LogP contribution in [0.4, 0.5) is 10.1 Å². The molecule has 1 aliphatic heterocycles. The Hall–Kier alpha value is -3.37. The van der Waals surface area contributed by atoms with Crippen LogP contribution in [0.25, 0.3) is 5.69 Å². The Morgan fingerprint density at radius 2 is 1.88 bits per heavy atom. The largest absolute Gasteiger partial charge is 0.494 e. The first-order valence-corrected chi connectivity index (χ1v) is 11.0. The van der Waals surface area contributed by atoms with Gasteiger partial charge in [0.25, 0.3) is 5.91 Å². The van der Waals surface area contributed by atoms with Crippen LogP contribution in [0, 0.1) is 12.7 Å². The van der Waals surface area contributed by atoms with Crippen LogP contribution >= 0.6 is 0 Å². The molecule has 4 rings (SSSR count). The molecule has 10 heteroatoms. The number of nitrogens with one attached hydrogen (secondary N) is 1. The minimum absolute atomic E-state index is 0.213. The number of halogens is 1. The zero-order valence-electron chi connectivity index (χ0n) is 18.9. The fourth-order valence-electron chi connectivity index (χ4n) is 3.67. The van der Waals surface area contributed by atoms with E-state index in [0.29, 0.717) is 23.7 Å². The second-order valence-corrected chi connectivity index (χ2v) is 8.13. The number of hydrogen-bond acceptors (Lipinski definition) is 7. The molecule has 174 valence electrons. The molecule has 1 aliphatic rings. The highest BCUT2D eigenvalue weighted by Gasteiger charge is 2.14. The van der Waals surface area contributed by atoms with Gasteiger partial charge >= 0.3 is 0 Å². The Morgan fingerprint density at radius 1 is 1.12 bits per heavy atom. The first-order chi connectivity index (χ1) is 16.0. The predicted molar refractivity (Wildman–Crippen MR) is 122 cm³/mol. The van der Waals surface area contributed by atoms with Crippen molar-refractivity contribution in [1.29, 1.82) is 0 Å². The van der Waals surface area contributed by atoms with E-state index < -0.39 is 5.82 Å². The van der Waals surface area contributed by atoms with Crippen molar-refractivity contribution < 1.29 is 13.9 Å². The molecule has 0 unspecified atom stereocenters. The van der Waals surface area contributed by atoms with Crippen molar-refractivity contribution in [2.24, 2.45) is 0 Å². The van der Waals surface area contributed by atoms with Crippen molar-refractivity contribution in [2.75, 3.05) is 51.7 Å². The molecule has 0 radical (unpaired) electrons. The molecule has 2 heterocycles. The lowest BCUT2D eigenvalue weighted by Gasteiger charge is -2.32. The van der Waals surface area contributed by atoms with Gasteiger partial charge in [0.05, 0.1) is 6.61 Å². The number of carbonyl (C=O) groups excluding carboxylic acids is 1. The molecule has 1 aromatic heterocycles. The van der Waals surface area contributed by atoms with Crippen molar-refractivity contribution in [3.63, 3.8) is 0 Å². The number of anilines is 1. The summed E-state index contributed by atoms with van der Waals surface area (Å²) in [7, 11) is 2.15. The summed E-state index contributed by atoms with van der Waals surface area (Å²) in [6.45, 7) is 7.76. The van der Waals surface area contributed by atoms with Gasteiger partial charge in [0.1, 0.15) is 11.4 Å². The van der Waals surface area contributed by atoms with Gasteiger partial charge in [0.15, 0.2) is 11.6 Å². The minimum Gasteiger partial charge on any atom is -0.494 e. The van der Waals surface area contributed by atoms with Crippen LogP contribution in [0.2, 0.25) is 0 Å². The molecule has 9 nitrogen and oxygen atoms in total. The number of aryl methyl sites for hydroxylation is 1. The van der Waals surface area contributed by atoms with E-state index in [0.717, 1.165) is 44.9 Å². The van der Waals surface area contributed by atoms with E-state index in [9.17, 15) is 9.18 Å². The van der Waals surface area contributed by atoms with Crippen LogP contribution in [-0.2, 0) is 0 Å². The van der Waals surface area contributed by atoms with Gasteiger partial charge in [-0.25, -0.2) is 4.39 Å². The van der Waals surface area contributed by atoms with Gasteiger partial charge in [-0.05, 0) is 73.3 Å². The summed E-state index contributed by atoms with van der Waals surface area (Å²) in [5.74, 6) is 0.315. The van der Waals surface area contributed by atoms with Gasteiger partial charge in [-0.2, -0.15) is 4.68 Å². The first-order valence-electron chi connectivity index (χ1n) is 11.0. The summed E-state index contributed by atoms with van der Waals surface area (Å²) in [5, 5.41) is 13.7. The predicted octanol–water partition coefficient (Wildman–Crippen LogP) is 2.38. The van der Waals surface area contributed by atoms with Gasteiger partial charge in [-0.15, -0.1) is 5.10 Å². The Balaban J connectivity index is 1.26. The van der Waals surface area contributed by atoms with Crippen LogP contribution in [0.1, 0.15) is 22.6 Å². The maximum atomic E-state index is 14.5. The monoisotopic (exact) mass is 453 g/mol. The van der Waals surface area contributed by atoms with E-state index in [-0.39, 0.29) is 11.6 Å². The fraction of sp³-hybridized carbons (Fsp3) is 0.391. The van der Waals surface area contributed by atoms with E-state index in [1.54, 1.807) is 37.3 Å². The van der Waals surface area contributed by atoms with Crippen LogP contribution < -0.4 is 10.1 Å². The molecular formula is C23H28FN7O2. The molecule has 3 aromatic rings. The van der Waals surface area contributed by atoms with Gasteiger partial charge in [0.2, 0.25) is 0 Å². The molecule has 1 amide bonds. The third kappa shape index (κ3) is 5.91. The number of likely N-dealkylation sites (N-methyl/N-ethyl adjacent to an activating group) is 1. The summed E-state index contributed by atoms with van der Waals surface area (Å²) >= 11 is 0. The maximum Gasteiger partial charge on any atom is 0.255 e. The summed E-state index contributed by atoms with van der Waals surface area (Å²) < 4.78 is 21.6. The molecule has 0 atom stereocenters. The molecule has 0 saturated carbocycles. The lowest BCUT2D eigenvalue weighted by atomic mass is 10.2. The lowest BCUT2D eigenvalue weighted by Crippen LogP contribution is -2.44.